The maximum Gasteiger partial charge on any atom is 0.320 e. The van der Waals surface area contributed by atoms with E-state index < -0.39 is 12.0 Å². The third kappa shape index (κ3) is 4.39. The highest BCUT2D eigenvalue weighted by atomic mass is 16.4. The Morgan fingerprint density at radius 2 is 2.14 bits per heavy atom. The minimum absolute atomic E-state index is 0.492. The van der Waals surface area contributed by atoms with Crippen LogP contribution in [0.1, 0.15) is 25.3 Å². The van der Waals surface area contributed by atoms with E-state index in [1.54, 1.807) is 6.20 Å². The molecule has 1 heterocycles. The van der Waals surface area contributed by atoms with Crippen molar-refractivity contribution < 1.29 is 9.90 Å². The molecule has 2 N–H and O–H groups in total. The highest BCUT2D eigenvalue weighted by molar-refractivity contribution is 5.73. The van der Waals surface area contributed by atoms with Gasteiger partial charge in [0.05, 0.1) is 5.69 Å². The molecule has 4 nitrogen and oxygen atoms in total. The third-order valence-electron chi connectivity index (χ3n) is 3.32. The zero-order valence-corrected chi connectivity index (χ0v) is 12.1. The largest absolute Gasteiger partial charge is 0.480 e. The first kappa shape index (κ1) is 15.2. The second-order valence-corrected chi connectivity index (χ2v) is 4.98. The first-order chi connectivity index (χ1) is 10.2. The molecule has 0 bridgehead atoms. The summed E-state index contributed by atoms with van der Waals surface area (Å²) >= 11 is 0. The highest BCUT2D eigenvalue weighted by Gasteiger charge is 2.15. The van der Waals surface area contributed by atoms with Crippen LogP contribution in [0.5, 0.6) is 0 Å². The van der Waals surface area contributed by atoms with Gasteiger partial charge in [-0.2, -0.15) is 0 Å². The van der Waals surface area contributed by atoms with Gasteiger partial charge in [0.25, 0.3) is 0 Å². The Hall–Kier alpha value is -2.20. The number of carboxylic acids is 1. The predicted octanol–water partition coefficient (Wildman–Crippen LogP) is 3.09. The molecule has 0 aliphatic rings. The number of aromatic nitrogens is 1. The van der Waals surface area contributed by atoms with Crippen molar-refractivity contribution >= 4 is 5.97 Å². The van der Waals surface area contributed by atoms with Gasteiger partial charge in [0.2, 0.25) is 0 Å². The van der Waals surface area contributed by atoms with Crippen LogP contribution in [-0.4, -0.2) is 22.1 Å². The van der Waals surface area contributed by atoms with Crippen LogP contribution in [0.4, 0.5) is 0 Å². The Kier molecular flexibility index (Phi) is 5.46. The number of carboxylic acid groups (broad SMARTS) is 1. The van der Waals surface area contributed by atoms with Gasteiger partial charge in [0.15, 0.2) is 0 Å². The molecule has 0 aliphatic heterocycles. The van der Waals surface area contributed by atoms with Gasteiger partial charge in [-0.15, -0.1) is 0 Å². The normalized spacial score (nSPS) is 12.0. The third-order valence-corrected chi connectivity index (χ3v) is 3.32. The fourth-order valence-corrected chi connectivity index (χ4v) is 2.22. The fraction of sp³-hybridized carbons (Fsp3) is 0.294. The molecule has 1 atom stereocenters. The Balaban J connectivity index is 2.06. The lowest BCUT2D eigenvalue weighted by atomic mass is 10.1. The van der Waals surface area contributed by atoms with Crippen molar-refractivity contribution in [3.05, 3.63) is 54.2 Å². The average Bonchev–Trinajstić information content (AvgIpc) is 2.52. The molecule has 0 saturated carbocycles. The van der Waals surface area contributed by atoms with Gasteiger partial charge in [-0.1, -0.05) is 37.6 Å². The van der Waals surface area contributed by atoms with Crippen molar-refractivity contribution in [3.8, 4) is 11.3 Å². The summed E-state index contributed by atoms with van der Waals surface area (Å²) in [5, 5.41) is 12.2. The molecule has 0 fully saturated rings. The van der Waals surface area contributed by atoms with E-state index in [4.69, 9.17) is 5.11 Å². The Morgan fingerprint density at radius 3 is 2.81 bits per heavy atom. The van der Waals surface area contributed by atoms with E-state index in [0.29, 0.717) is 13.0 Å². The highest BCUT2D eigenvalue weighted by Crippen LogP contribution is 2.17. The quantitative estimate of drug-likeness (QED) is 0.820. The first-order valence-corrected chi connectivity index (χ1v) is 7.17. The summed E-state index contributed by atoms with van der Waals surface area (Å²) in [6.45, 7) is 2.52. The summed E-state index contributed by atoms with van der Waals surface area (Å²) in [5.74, 6) is -0.794. The molecule has 1 aromatic carbocycles. The van der Waals surface area contributed by atoms with Crippen molar-refractivity contribution in [1.82, 2.24) is 10.3 Å². The summed E-state index contributed by atoms with van der Waals surface area (Å²) in [7, 11) is 0. The fourth-order valence-electron chi connectivity index (χ4n) is 2.22. The number of carbonyl (C=O) groups is 1. The summed E-state index contributed by atoms with van der Waals surface area (Å²) in [6.07, 6.45) is 3.25. The number of aliphatic carboxylic acids is 1. The smallest absolute Gasteiger partial charge is 0.320 e. The molecular formula is C17H20N2O2. The summed E-state index contributed by atoms with van der Waals surface area (Å²) in [4.78, 5) is 15.5. The van der Waals surface area contributed by atoms with E-state index in [0.717, 1.165) is 23.2 Å². The maximum atomic E-state index is 11.1. The number of hydrogen-bond acceptors (Lipinski definition) is 3. The molecule has 0 spiro atoms. The molecule has 0 aliphatic carbocycles. The van der Waals surface area contributed by atoms with E-state index in [1.165, 1.54) is 0 Å². The summed E-state index contributed by atoms with van der Waals surface area (Å²) in [6, 6.07) is 13.3. The Labute approximate surface area is 124 Å². The molecule has 2 rings (SSSR count). The van der Waals surface area contributed by atoms with Gasteiger partial charge in [0, 0.05) is 18.3 Å². The molecule has 4 heteroatoms. The van der Waals surface area contributed by atoms with Crippen LogP contribution in [0.3, 0.4) is 0 Å². The molecule has 1 unspecified atom stereocenters. The monoisotopic (exact) mass is 284 g/mol. The van der Waals surface area contributed by atoms with E-state index >= 15 is 0 Å². The van der Waals surface area contributed by atoms with Gasteiger partial charge in [0.1, 0.15) is 6.04 Å². The molecule has 2 aromatic rings. The van der Waals surface area contributed by atoms with E-state index in [1.807, 2.05) is 49.4 Å². The first-order valence-electron chi connectivity index (χ1n) is 7.17. The minimum atomic E-state index is -0.794. The van der Waals surface area contributed by atoms with Gasteiger partial charge in [-0.25, -0.2) is 0 Å². The number of hydrogen-bond donors (Lipinski definition) is 2. The number of pyridine rings is 1. The lowest BCUT2D eigenvalue weighted by molar-refractivity contribution is -0.139. The van der Waals surface area contributed by atoms with E-state index in [-0.39, 0.29) is 0 Å². The zero-order chi connectivity index (χ0) is 15.1. The van der Waals surface area contributed by atoms with E-state index in [9.17, 15) is 4.79 Å². The number of nitrogens with zero attached hydrogens (tertiary/aromatic N) is 1. The van der Waals surface area contributed by atoms with Crippen molar-refractivity contribution in [2.75, 3.05) is 0 Å². The zero-order valence-electron chi connectivity index (χ0n) is 12.1. The average molecular weight is 284 g/mol. The van der Waals surface area contributed by atoms with Crippen molar-refractivity contribution in [3.63, 3.8) is 0 Å². The molecule has 1 aromatic heterocycles. The van der Waals surface area contributed by atoms with Crippen LogP contribution >= 0.6 is 0 Å². The summed E-state index contributed by atoms with van der Waals surface area (Å²) in [5.41, 5.74) is 3.01. The molecule has 0 saturated heterocycles. The summed E-state index contributed by atoms with van der Waals surface area (Å²) < 4.78 is 0. The topological polar surface area (TPSA) is 62.2 Å². The number of nitrogens with one attached hydrogen (secondary N) is 1. The number of benzene rings is 1. The lowest BCUT2D eigenvalue weighted by Gasteiger charge is -2.13. The standard InChI is InChI=1S/C17H20N2O2/c1-2-6-16(17(20)21)19-12-13-7-5-8-14(11-13)15-9-3-4-10-18-15/h3-5,7-11,16,19H,2,6,12H2,1H3,(H,20,21). The van der Waals surface area contributed by atoms with Gasteiger partial charge in [-0.05, 0) is 30.2 Å². The molecule has 0 amide bonds. The van der Waals surface area contributed by atoms with E-state index in [2.05, 4.69) is 10.3 Å². The van der Waals surface area contributed by atoms with Gasteiger partial charge in [-0.3, -0.25) is 9.78 Å². The van der Waals surface area contributed by atoms with Gasteiger partial charge < -0.3 is 10.4 Å². The van der Waals surface area contributed by atoms with Crippen LogP contribution in [-0.2, 0) is 11.3 Å². The Morgan fingerprint density at radius 1 is 1.29 bits per heavy atom. The maximum absolute atomic E-state index is 11.1. The number of rotatable bonds is 7. The second-order valence-electron chi connectivity index (χ2n) is 4.98. The van der Waals surface area contributed by atoms with Crippen LogP contribution in [0.25, 0.3) is 11.3 Å². The minimum Gasteiger partial charge on any atom is -0.480 e. The van der Waals surface area contributed by atoms with Crippen molar-refractivity contribution in [2.45, 2.75) is 32.4 Å². The predicted molar refractivity (Wildman–Crippen MR) is 82.8 cm³/mol. The lowest BCUT2D eigenvalue weighted by Crippen LogP contribution is -2.35. The van der Waals surface area contributed by atoms with Gasteiger partial charge >= 0.3 is 5.97 Å². The van der Waals surface area contributed by atoms with Crippen LogP contribution < -0.4 is 5.32 Å². The van der Waals surface area contributed by atoms with Crippen molar-refractivity contribution in [2.24, 2.45) is 0 Å². The molecule has 21 heavy (non-hydrogen) atoms. The molecule has 110 valence electrons. The Bertz CT molecular complexity index is 584. The SMILES string of the molecule is CCCC(NCc1cccc(-c2ccccn2)c1)C(=O)O. The van der Waals surface area contributed by atoms with Crippen LogP contribution in [0.15, 0.2) is 48.7 Å². The molecule has 0 radical (unpaired) electrons. The van der Waals surface area contributed by atoms with Crippen molar-refractivity contribution in [1.29, 1.82) is 0 Å². The second kappa shape index (κ2) is 7.55. The van der Waals surface area contributed by atoms with Crippen LogP contribution in [0.2, 0.25) is 0 Å². The molecular weight excluding hydrogens is 264 g/mol. The van der Waals surface area contributed by atoms with Crippen LogP contribution in [0, 0.1) is 0 Å².